The van der Waals surface area contributed by atoms with Crippen molar-refractivity contribution in [3.63, 3.8) is 0 Å². The number of aromatic amines is 1. The van der Waals surface area contributed by atoms with Crippen LogP contribution in [0.2, 0.25) is 0 Å². The summed E-state index contributed by atoms with van der Waals surface area (Å²) in [6.45, 7) is 6.60. The highest BCUT2D eigenvalue weighted by atomic mass is 16.2. The van der Waals surface area contributed by atoms with Gasteiger partial charge >= 0.3 is 0 Å². The van der Waals surface area contributed by atoms with Gasteiger partial charge in [-0.15, -0.1) is 0 Å². The van der Waals surface area contributed by atoms with Gasteiger partial charge in [-0.3, -0.25) is 14.4 Å². The Morgan fingerprint density at radius 3 is 2.42 bits per heavy atom. The van der Waals surface area contributed by atoms with Gasteiger partial charge < -0.3 is 14.8 Å². The molecule has 1 aromatic carbocycles. The molecule has 1 aliphatic rings. The zero-order chi connectivity index (χ0) is 19.0. The molecule has 1 saturated heterocycles. The van der Waals surface area contributed by atoms with Crippen molar-refractivity contribution in [2.45, 2.75) is 26.8 Å². The Bertz CT molecular complexity index is 915. The highest BCUT2D eigenvalue weighted by Crippen LogP contribution is 2.20. The molecule has 0 radical (unpaired) electrons. The topological polar surface area (TPSA) is 73.5 Å². The Hall–Kier alpha value is -2.89. The number of benzene rings is 1. The molecule has 2 aromatic rings. The number of amides is 2. The van der Waals surface area contributed by atoms with Gasteiger partial charge in [-0.05, 0) is 50.1 Å². The first-order valence-corrected chi connectivity index (χ1v) is 8.66. The van der Waals surface area contributed by atoms with E-state index < -0.39 is 6.04 Å². The van der Waals surface area contributed by atoms with Crippen molar-refractivity contribution in [3.05, 3.63) is 57.5 Å². The quantitative estimate of drug-likeness (QED) is 0.897. The van der Waals surface area contributed by atoms with Crippen LogP contribution in [0.3, 0.4) is 0 Å². The molecule has 1 aliphatic heterocycles. The van der Waals surface area contributed by atoms with E-state index in [0.29, 0.717) is 24.2 Å². The molecule has 0 aliphatic carbocycles. The van der Waals surface area contributed by atoms with Crippen LogP contribution in [0.4, 0.5) is 0 Å². The number of carbonyl (C=O) groups excluding carboxylic acids is 2. The summed E-state index contributed by atoms with van der Waals surface area (Å²) in [5, 5.41) is 0. The van der Waals surface area contributed by atoms with E-state index in [0.717, 1.165) is 16.8 Å². The number of aromatic nitrogens is 1. The number of nitrogens with one attached hydrogen (secondary N) is 1. The summed E-state index contributed by atoms with van der Waals surface area (Å²) in [6.07, 6.45) is 0. The normalized spacial score (nSPS) is 17.5. The minimum atomic E-state index is -0.469. The summed E-state index contributed by atoms with van der Waals surface area (Å²) in [5.41, 5.74) is 3.55. The largest absolute Gasteiger partial charge is 0.342 e. The fourth-order valence-corrected chi connectivity index (χ4v) is 3.19. The summed E-state index contributed by atoms with van der Waals surface area (Å²) < 4.78 is 0. The van der Waals surface area contributed by atoms with Crippen LogP contribution in [-0.2, 0) is 4.79 Å². The molecule has 1 atom stereocenters. The van der Waals surface area contributed by atoms with Crippen LogP contribution in [0.25, 0.3) is 11.1 Å². The number of aryl methyl sites for hydroxylation is 2. The predicted octanol–water partition coefficient (Wildman–Crippen LogP) is 1.96. The molecular weight excluding hydrogens is 330 g/mol. The zero-order valence-corrected chi connectivity index (χ0v) is 15.5. The van der Waals surface area contributed by atoms with E-state index >= 15 is 0 Å². The molecule has 1 fully saturated rings. The first-order valence-electron chi connectivity index (χ1n) is 8.66. The van der Waals surface area contributed by atoms with E-state index in [-0.39, 0.29) is 17.4 Å². The molecule has 0 saturated carbocycles. The molecule has 1 N–H and O–H groups in total. The Morgan fingerprint density at radius 1 is 1.12 bits per heavy atom. The fraction of sp³-hybridized carbons (Fsp3) is 0.350. The lowest BCUT2D eigenvalue weighted by molar-refractivity contribution is -0.137. The zero-order valence-electron chi connectivity index (χ0n) is 15.5. The summed E-state index contributed by atoms with van der Waals surface area (Å²) in [5.74, 6) is -0.220. The third-order valence-electron chi connectivity index (χ3n) is 5.08. The molecule has 26 heavy (non-hydrogen) atoms. The summed E-state index contributed by atoms with van der Waals surface area (Å²) in [4.78, 5) is 43.1. The standard InChI is InChI=1S/C20H23N3O3/c1-12-11-17(18(24)21-13(12)2)15-5-7-16(8-6-15)20(26)23-10-9-22(4)19(25)14(23)3/h5-8,11,14H,9-10H2,1-4H3,(H,21,24)/t14-/m1/s1. The lowest BCUT2D eigenvalue weighted by atomic mass is 10.0. The third kappa shape index (κ3) is 3.14. The second-order valence-electron chi connectivity index (χ2n) is 6.83. The fourth-order valence-electron chi connectivity index (χ4n) is 3.19. The molecule has 0 bridgehead atoms. The number of carbonyl (C=O) groups is 2. The van der Waals surface area contributed by atoms with Crippen molar-refractivity contribution in [2.75, 3.05) is 20.1 Å². The van der Waals surface area contributed by atoms with Crippen LogP contribution in [0.15, 0.2) is 35.1 Å². The number of nitrogens with zero attached hydrogens (tertiary/aromatic N) is 2. The monoisotopic (exact) mass is 353 g/mol. The van der Waals surface area contributed by atoms with E-state index in [4.69, 9.17) is 0 Å². The molecule has 2 amide bonds. The van der Waals surface area contributed by atoms with Crippen molar-refractivity contribution in [1.29, 1.82) is 0 Å². The van der Waals surface area contributed by atoms with Gasteiger partial charge in [0.2, 0.25) is 5.91 Å². The maximum Gasteiger partial charge on any atom is 0.256 e. The van der Waals surface area contributed by atoms with Crippen LogP contribution in [0.1, 0.15) is 28.5 Å². The highest BCUT2D eigenvalue weighted by molar-refractivity contribution is 5.98. The van der Waals surface area contributed by atoms with Gasteiger partial charge in [0, 0.05) is 37.0 Å². The maximum atomic E-state index is 12.8. The molecule has 0 spiro atoms. The number of H-pyrrole nitrogens is 1. The Morgan fingerprint density at radius 2 is 1.77 bits per heavy atom. The van der Waals surface area contributed by atoms with Crippen LogP contribution in [0, 0.1) is 13.8 Å². The van der Waals surface area contributed by atoms with Crippen molar-refractivity contribution in [1.82, 2.24) is 14.8 Å². The van der Waals surface area contributed by atoms with Gasteiger partial charge in [-0.25, -0.2) is 0 Å². The molecule has 1 aromatic heterocycles. The van der Waals surface area contributed by atoms with Crippen LogP contribution >= 0.6 is 0 Å². The van der Waals surface area contributed by atoms with E-state index in [9.17, 15) is 14.4 Å². The van der Waals surface area contributed by atoms with Crippen molar-refractivity contribution in [2.24, 2.45) is 0 Å². The smallest absolute Gasteiger partial charge is 0.256 e. The van der Waals surface area contributed by atoms with Gasteiger partial charge in [0.1, 0.15) is 6.04 Å². The molecular formula is C20H23N3O3. The molecule has 136 valence electrons. The van der Waals surface area contributed by atoms with Gasteiger partial charge in [-0.1, -0.05) is 12.1 Å². The predicted molar refractivity (Wildman–Crippen MR) is 100 cm³/mol. The molecule has 6 nitrogen and oxygen atoms in total. The Kier molecular flexibility index (Phi) is 4.68. The lowest BCUT2D eigenvalue weighted by Gasteiger charge is -2.37. The van der Waals surface area contributed by atoms with E-state index in [2.05, 4.69) is 4.98 Å². The molecule has 3 rings (SSSR count). The third-order valence-corrected chi connectivity index (χ3v) is 5.08. The Balaban J connectivity index is 1.86. The minimum Gasteiger partial charge on any atom is -0.342 e. The number of rotatable bonds is 2. The van der Waals surface area contributed by atoms with Gasteiger partial charge in [-0.2, -0.15) is 0 Å². The Labute approximate surface area is 152 Å². The number of piperazine rings is 1. The average molecular weight is 353 g/mol. The summed E-state index contributed by atoms with van der Waals surface area (Å²) >= 11 is 0. The first kappa shape index (κ1) is 17.9. The highest BCUT2D eigenvalue weighted by Gasteiger charge is 2.32. The van der Waals surface area contributed by atoms with E-state index in [1.54, 1.807) is 48.0 Å². The lowest BCUT2D eigenvalue weighted by Crippen LogP contribution is -2.56. The molecule has 6 heteroatoms. The van der Waals surface area contributed by atoms with E-state index in [1.807, 2.05) is 19.9 Å². The SMILES string of the molecule is Cc1cc(-c2ccc(C(=O)N3CCN(C)C(=O)[C@H]3C)cc2)c(=O)[nH]c1C. The number of likely N-dealkylation sites (N-methyl/N-ethyl adjacent to an activating group) is 1. The average Bonchev–Trinajstić information content (AvgIpc) is 2.62. The second-order valence-corrected chi connectivity index (χ2v) is 6.83. The van der Waals surface area contributed by atoms with Gasteiger partial charge in [0.05, 0.1) is 0 Å². The van der Waals surface area contributed by atoms with Crippen LogP contribution < -0.4 is 5.56 Å². The van der Waals surface area contributed by atoms with Gasteiger partial charge in [0.15, 0.2) is 0 Å². The van der Waals surface area contributed by atoms with Crippen molar-refractivity contribution < 1.29 is 9.59 Å². The molecule has 0 unspecified atom stereocenters. The number of hydrogen-bond acceptors (Lipinski definition) is 3. The maximum absolute atomic E-state index is 12.8. The van der Waals surface area contributed by atoms with Crippen molar-refractivity contribution in [3.8, 4) is 11.1 Å². The number of pyridine rings is 1. The second kappa shape index (κ2) is 6.78. The summed E-state index contributed by atoms with van der Waals surface area (Å²) in [6, 6.07) is 8.35. The van der Waals surface area contributed by atoms with E-state index in [1.165, 1.54) is 0 Å². The summed E-state index contributed by atoms with van der Waals surface area (Å²) in [7, 11) is 1.75. The van der Waals surface area contributed by atoms with Crippen LogP contribution in [0.5, 0.6) is 0 Å². The van der Waals surface area contributed by atoms with Crippen molar-refractivity contribution >= 4 is 11.8 Å². The van der Waals surface area contributed by atoms with Gasteiger partial charge in [0.25, 0.3) is 11.5 Å². The molecule has 2 heterocycles. The number of hydrogen-bond donors (Lipinski definition) is 1. The first-order chi connectivity index (χ1) is 12.3. The minimum absolute atomic E-state index is 0.0529. The van der Waals surface area contributed by atoms with Crippen LogP contribution in [-0.4, -0.2) is 52.8 Å².